The van der Waals surface area contributed by atoms with Gasteiger partial charge in [0.05, 0.1) is 14.7 Å². The largest absolute Gasteiger partial charge is 0.360 e. The normalized spacial score (nSPS) is 18.2. The summed E-state index contributed by atoms with van der Waals surface area (Å²) in [7, 11) is 0. The average molecular weight is 613 g/mol. The van der Waals surface area contributed by atoms with Gasteiger partial charge in [-0.1, -0.05) is 45.8 Å². The molecule has 7 rings (SSSR count). The van der Waals surface area contributed by atoms with Crippen LogP contribution >= 0.6 is 34.5 Å². The van der Waals surface area contributed by atoms with Gasteiger partial charge >= 0.3 is 0 Å². The molecule has 1 N–H and O–H groups in total. The predicted molar refractivity (Wildman–Crippen MR) is 160 cm³/mol. The van der Waals surface area contributed by atoms with E-state index < -0.39 is 5.82 Å². The first-order valence-corrected chi connectivity index (χ1v) is 15.5. The van der Waals surface area contributed by atoms with Gasteiger partial charge < -0.3 is 14.7 Å². The number of carbonyl (C=O) groups excluding carboxylic acids is 1. The lowest BCUT2D eigenvalue weighted by Gasteiger charge is -2.46. The predicted octanol–water partition coefficient (Wildman–Crippen LogP) is 7.88. The summed E-state index contributed by atoms with van der Waals surface area (Å²) >= 11 is 14.4. The highest BCUT2D eigenvalue weighted by molar-refractivity contribution is 7.22. The number of nitrogens with zero attached hydrogens (tertiary/aromatic N) is 4. The number of anilines is 1. The van der Waals surface area contributed by atoms with Crippen LogP contribution in [-0.2, 0) is 0 Å². The number of hydrogen-bond acceptors (Lipinski definition) is 7. The molecular formula is C30H28Cl2FN5O2S. The number of allylic oxidation sites excluding steroid dienone is 2. The van der Waals surface area contributed by atoms with Crippen molar-refractivity contribution in [3.05, 3.63) is 63.4 Å². The van der Waals surface area contributed by atoms with Crippen molar-refractivity contribution in [2.45, 2.75) is 57.9 Å². The van der Waals surface area contributed by atoms with Crippen LogP contribution in [0.1, 0.15) is 73.6 Å². The van der Waals surface area contributed by atoms with Crippen molar-refractivity contribution in [1.82, 2.24) is 20.4 Å². The summed E-state index contributed by atoms with van der Waals surface area (Å²) in [5.74, 6) is 0.573. The van der Waals surface area contributed by atoms with E-state index in [1.165, 1.54) is 23.0 Å². The van der Waals surface area contributed by atoms with Crippen LogP contribution < -0.4 is 10.2 Å². The number of rotatable bonds is 6. The first-order valence-electron chi connectivity index (χ1n) is 13.9. The number of nitrogens with one attached hydrogen (secondary N) is 1. The molecule has 2 aliphatic carbocycles. The molecular weight excluding hydrogens is 584 g/mol. The molecule has 212 valence electrons. The van der Waals surface area contributed by atoms with E-state index in [2.05, 4.69) is 31.4 Å². The van der Waals surface area contributed by atoms with Gasteiger partial charge in [0.1, 0.15) is 17.0 Å². The van der Waals surface area contributed by atoms with Gasteiger partial charge in [0, 0.05) is 54.1 Å². The molecule has 0 radical (unpaired) electrons. The molecule has 3 aliphatic rings. The van der Waals surface area contributed by atoms with Gasteiger partial charge in [-0.3, -0.25) is 9.78 Å². The Hall–Kier alpha value is -3.01. The topological polar surface area (TPSA) is 84.2 Å². The lowest BCUT2D eigenvalue weighted by Crippen LogP contribution is -2.42. The minimum atomic E-state index is -0.468. The van der Waals surface area contributed by atoms with E-state index in [4.69, 9.17) is 27.7 Å². The molecule has 0 bridgehead atoms. The Morgan fingerprint density at radius 1 is 1.17 bits per heavy atom. The van der Waals surface area contributed by atoms with Crippen molar-refractivity contribution < 1.29 is 13.7 Å². The second kappa shape index (κ2) is 10.1. The number of halogens is 3. The van der Waals surface area contributed by atoms with Crippen molar-refractivity contribution in [3.63, 3.8) is 0 Å². The number of carbonyl (C=O) groups is 1. The highest BCUT2D eigenvalue weighted by Gasteiger charge is 2.44. The summed E-state index contributed by atoms with van der Waals surface area (Å²) in [5, 5.41) is 8.96. The maximum Gasteiger partial charge on any atom is 0.251 e. The Kier molecular flexibility index (Phi) is 6.60. The zero-order chi connectivity index (χ0) is 28.5. The van der Waals surface area contributed by atoms with E-state index in [0.29, 0.717) is 43.0 Å². The van der Waals surface area contributed by atoms with Crippen molar-refractivity contribution >= 4 is 61.4 Å². The fourth-order valence-electron chi connectivity index (χ4n) is 5.98. The van der Waals surface area contributed by atoms with Crippen molar-refractivity contribution in [2.24, 2.45) is 5.41 Å². The lowest BCUT2D eigenvalue weighted by molar-refractivity contribution is 0.0943. The van der Waals surface area contributed by atoms with Gasteiger partial charge in [-0.15, -0.1) is 0 Å². The molecule has 1 aliphatic heterocycles. The second-order valence-corrected chi connectivity index (χ2v) is 13.5. The number of aromatic nitrogens is 3. The Bertz CT molecular complexity index is 1700. The third-order valence-electron chi connectivity index (χ3n) is 8.25. The Labute approximate surface area is 250 Å². The Balaban J connectivity index is 1.11. The highest BCUT2D eigenvalue weighted by Crippen LogP contribution is 2.56. The number of benzene rings is 1. The fraction of sp³-hybridized carbons (Fsp3) is 0.400. The molecule has 41 heavy (non-hydrogen) atoms. The van der Waals surface area contributed by atoms with Crippen LogP contribution in [-0.4, -0.2) is 40.2 Å². The average Bonchev–Trinajstić information content (AvgIpc) is 3.52. The monoisotopic (exact) mass is 611 g/mol. The molecule has 1 saturated heterocycles. The van der Waals surface area contributed by atoms with E-state index in [9.17, 15) is 9.18 Å². The molecule has 4 heterocycles. The summed E-state index contributed by atoms with van der Waals surface area (Å²) in [6.07, 6.45) is 10.6. The highest BCUT2D eigenvalue weighted by atomic mass is 35.5. The molecule has 2 fully saturated rings. The first-order chi connectivity index (χ1) is 19.7. The molecule has 1 amide bonds. The zero-order valence-electron chi connectivity index (χ0n) is 22.6. The molecule has 0 atom stereocenters. The zero-order valence-corrected chi connectivity index (χ0v) is 25.0. The summed E-state index contributed by atoms with van der Waals surface area (Å²) in [6.45, 7) is 5.40. The molecule has 1 aromatic carbocycles. The summed E-state index contributed by atoms with van der Waals surface area (Å²) in [4.78, 5) is 23.4. The van der Waals surface area contributed by atoms with Crippen LogP contribution in [0.25, 0.3) is 27.0 Å². The molecule has 3 aromatic heterocycles. The molecule has 7 nitrogen and oxygen atoms in total. The van der Waals surface area contributed by atoms with Crippen LogP contribution in [0.3, 0.4) is 0 Å². The van der Waals surface area contributed by atoms with Crippen molar-refractivity contribution in [2.75, 3.05) is 18.0 Å². The van der Waals surface area contributed by atoms with Crippen LogP contribution in [0.4, 0.5) is 9.52 Å². The van der Waals surface area contributed by atoms with Gasteiger partial charge in [0.2, 0.25) is 0 Å². The van der Waals surface area contributed by atoms with E-state index in [-0.39, 0.29) is 17.4 Å². The van der Waals surface area contributed by atoms with Gasteiger partial charge in [-0.25, -0.2) is 9.37 Å². The lowest BCUT2D eigenvalue weighted by atomic mass is 9.63. The van der Waals surface area contributed by atoms with E-state index in [1.807, 2.05) is 13.8 Å². The number of hydrogen-bond donors (Lipinski definition) is 1. The summed E-state index contributed by atoms with van der Waals surface area (Å²) < 4.78 is 21.4. The summed E-state index contributed by atoms with van der Waals surface area (Å²) in [6, 6.07) is 2.98. The van der Waals surface area contributed by atoms with Gasteiger partial charge in [-0.05, 0) is 69.1 Å². The number of amides is 1. The van der Waals surface area contributed by atoms with Crippen LogP contribution in [0, 0.1) is 11.2 Å². The third-order valence-corrected chi connectivity index (χ3v) is 9.89. The number of pyridine rings is 1. The van der Waals surface area contributed by atoms with Gasteiger partial charge in [0.15, 0.2) is 10.9 Å². The quantitative estimate of drug-likeness (QED) is 0.239. The van der Waals surface area contributed by atoms with Gasteiger partial charge in [-0.2, -0.15) is 0 Å². The number of fused-ring (bicyclic) bond motifs is 1. The molecule has 11 heteroatoms. The van der Waals surface area contributed by atoms with Crippen LogP contribution in [0.5, 0.6) is 0 Å². The van der Waals surface area contributed by atoms with E-state index >= 15 is 0 Å². The molecule has 1 spiro atoms. The van der Waals surface area contributed by atoms with Crippen LogP contribution in [0.2, 0.25) is 10.0 Å². The standard InChI is InChI=1S/C30H28Cl2FN5O2S/c1-15(2)35-28(39)17-9-21(33)25-22(10-17)41-29(36-25)38-7-5-30(6-8-38)11-18(12-30)23-26(37-40-27(23)16-3-4-16)24-19(31)13-34-14-20(24)32/h9-11,13-16H,3-8,12H2,1-2H3,(H,35,39). The molecule has 4 aromatic rings. The minimum Gasteiger partial charge on any atom is -0.360 e. The van der Waals surface area contributed by atoms with Crippen LogP contribution in [0.15, 0.2) is 35.1 Å². The summed E-state index contributed by atoms with van der Waals surface area (Å²) in [5.41, 5.74) is 4.36. The second-order valence-electron chi connectivity index (χ2n) is 11.6. The Morgan fingerprint density at radius 3 is 2.54 bits per heavy atom. The number of piperidine rings is 1. The van der Waals surface area contributed by atoms with Crippen molar-refractivity contribution in [3.8, 4) is 11.3 Å². The fourth-order valence-corrected chi connectivity index (χ4v) is 7.59. The molecule has 1 saturated carbocycles. The Morgan fingerprint density at radius 2 is 1.88 bits per heavy atom. The van der Waals surface area contributed by atoms with Gasteiger partial charge in [0.25, 0.3) is 5.91 Å². The maximum absolute atomic E-state index is 14.9. The first kappa shape index (κ1) is 26.9. The maximum atomic E-state index is 14.9. The van der Waals surface area contributed by atoms with Crippen molar-refractivity contribution in [1.29, 1.82) is 0 Å². The third kappa shape index (κ3) is 4.81. The SMILES string of the molecule is CC(C)NC(=O)c1cc(F)c2nc(N3CCC4(C=C(c5c(-c6c(Cl)cncc6Cl)noc5C5CC5)C4)CC3)sc2c1. The minimum absolute atomic E-state index is 0.0251. The smallest absolute Gasteiger partial charge is 0.251 e. The van der Waals surface area contributed by atoms with E-state index in [0.717, 1.165) is 61.6 Å². The van der Waals surface area contributed by atoms with E-state index in [1.54, 1.807) is 18.5 Å². The molecule has 0 unspecified atom stereocenters. The number of thiazole rings is 1.